The van der Waals surface area contributed by atoms with Crippen LogP contribution in [0.4, 0.5) is 17.6 Å². The zero-order valence-electron chi connectivity index (χ0n) is 21.9. The Hall–Kier alpha value is -3.41. The molecule has 0 saturated heterocycles. The summed E-state index contributed by atoms with van der Waals surface area (Å²) in [7, 11) is 1.38. The summed E-state index contributed by atoms with van der Waals surface area (Å²) < 4.78 is 68.0. The number of amides is 1. The third kappa shape index (κ3) is 6.32. The third-order valence-electron chi connectivity index (χ3n) is 6.43. The minimum atomic E-state index is -5.26. The van der Waals surface area contributed by atoms with E-state index in [-0.39, 0.29) is 39.3 Å². The van der Waals surface area contributed by atoms with Gasteiger partial charge in [0.15, 0.2) is 11.5 Å². The monoisotopic (exact) mass is 581 g/mol. The van der Waals surface area contributed by atoms with Crippen molar-refractivity contribution in [2.45, 2.75) is 50.1 Å². The molecule has 1 amide bonds. The Kier molecular flexibility index (Phi) is 8.04. The summed E-state index contributed by atoms with van der Waals surface area (Å²) in [6, 6.07) is 10.2. The van der Waals surface area contributed by atoms with E-state index < -0.39 is 41.3 Å². The van der Waals surface area contributed by atoms with Crippen molar-refractivity contribution in [3.8, 4) is 22.8 Å². The van der Waals surface area contributed by atoms with Crippen molar-refractivity contribution in [1.82, 2.24) is 10.3 Å². The number of aromatic nitrogens is 1. The standard InChI is InChI=1S/C28H28ClF4N3O4/c1-26(2,34)17-12-21(15-4-8-20(30)19(29)10-15)36-24(13-17)27(38,28(31,32)33)14-35-25(37)16-5-9-22(23(11-16)39-3)40-18-6-7-18/h4-5,8-13,18,38H,6-7,14,34H2,1-3H3,(H,35,37). The second kappa shape index (κ2) is 10.9. The second-order valence-electron chi connectivity index (χ2n) is 10.2. The van der Waals surface area contributed by atoms with E-state index in [1.54, 1.807) is 13.8 Å². The van der Waals surface area contributed by atoms with Crippen LogP contribution in [0.3, 0.4) is 0 Å². The van der Waals surface area contributed by atoms with Gasteiger partial charge in [0.2, 0.25) is 5.60 Å². The number of hydrogen-bond acceptors (Lipinski definition) is 6. The number of rotatable bonds is 9. The van der Waals surface area contributed by atoms with E-state index in [9.17, 15) is 27.5 Å². The molecule has 0 aliphatic heterocycles. The number of methoxy groups -OCH3 is 1. The molecule has 1 saturated carbocycles. The molecule has 214 valence electrons. The molecule has 1 unspecified atom stereocenters. The number of aliphatic hydroxyl groups is 1. The predicted octanol–water partition coefficient (Wildman–Crippen LogP) is 5.46. The van der Waals surface area contributed by atoms with Crippen molar-refractivity contribution in [1.29, 1.82) is 0 Å². The molecule has 0 spiro atoms. The molecular formula is C28H28ClF4N3O4. The Balaban J connectivity index is 1.69. The quantitative estimate of drug-likeness (QED) is 0.290. The molecule has 40 heavy (non-hydrogen) atoms. The van der Waals surface area contributed by atoms with Crippen molar-refractivity contribution in [3.05, 3.63) is 76.2 Å². The van der Waals surface area contributed by atoms with Crippen LogP contribution in [-0.2, 0) is 11.1 Å². The summed E-state index contributed by atoms with van der Waals surface area (Å²) in [6.45, 7) is 1.86. The minimum absolute atomic E-state index is 0.00374. The van der Waals surface area contributed by atoms with Gasteiger partial charge >= 0.3 is 6.18 Å². The molecule has 12 heteroatoms. The van der Waals surface area contributed by atoms with Gasteiger partial charge in [-0.25, -0.2) is 9.37 Å². The number of nitrogens with zero attached hydrogens (tertiary/aromatic N) is 1. The van der Waals surface area contributed by atoms with E-state index in [0.717, 1.165) is 25.0 Å². The third-order valence-corrected chi connectivity index (χ3v) is 6.72. The molecule has 2 aromatic carbocycles. The van der Waals surface area contributed by atoms with Crippen LogP contribution in [0, 0.1) is 5.82 Å². The summed E-state index contributed by atoms with van der Waals surface area (Å²) in [5.74, 6) is -0.959. The lowest BCUT2D eigenvalue weighted by molar-refractivity contribution is -0.265. The first-order chi connectivity index (χ1) is 18.6. The minimum Gasteiger partial charge on any atom is -0.493 e. The molecule has 1 atom stereocenters. The fraction of sp³-hybridized carbons (Fsp3) is 0.357. The van der Waals surface area contributed by atoms with Gasteiger partial charge in [-0.2, -0.15) is 13.2 Å². The molecule has 0 radical (unpaired) electrons. The molecular weight excluding hydrogens is 554 g/mol. The Morgan fingerprint density at radius 3 is 2.40 bits per heavy atom. The predicted molar refractivity (Wildman–Crippen MR) is 141 cm³/mol. The van der Waals surface area contributed by atoms with Crippen molar-refractivity contribution >= 4 is 17.5 Å². The van der Waals surface area contributed by atoms with Gasteiger partial charge in [-0.3, -0.25) is 4.79 Å². The molecule has 4 N–H and O–H groups in total. The van der Waals surface area contributed by atoms with E-state index in [1.165, 1.54) is 43.5 Å². The van der Waals surface area contributed by atoms with E-state index in [1.807, 2.05) is 0 Å². The molecule has 3 aromatic rings. The highest BCUT2D eigenvalue weighted by atomic mass is 35.5. The van der Waals surface area contributed by atoms with Crippen LogP contribution >= 0.6 is 11.6 Å². The highest BCUT2D eigenvalue weighted by Crippen LogP contribution is 2.40. The van der Waals surface area contributed by atoms with Gasteiger partial charge in [0.05, 0.1) is 36.2 Å². The van der Waals surface area contributed by atoms with Crippen LogP contribution < -0.4 is 20.5 Å². The molecule has 1 aliphatic carbocycles. The average Bonchev–Trinajstić information content (AvgIpc) is 3.71. The molecule has 4 rings (SSSR count). The number of carbonyl (C=O) groups excluding carboxylic acids is 1. The van der Waals surface area contributed by atoms with E-state index in [2.05, 4.69) is 10.3 Å². The number of alkyl halides is 3. The van der Waals surface area contributed by atoms with Crippen molar-refractivity contribution in [2.75, 3.05) is 13.7 Å². The Labute approximate surface area is 233 Å². The van der Waals surface area contributed by atoms with E-state index >= 15 is 0 Å². The maximum atomic E-state index is 14.4. The number of hydrogen-bond donors (Lipinski definition) is 3. The molecule has 7 nitrogen and oxygen atoms in total. The Bertz CT molecular complexity index is 1420. The lowest BCUT2D eigenvalue weighted by Crippen LogP contribution is -2.51. The van der Waals surface area contributed by atoms with Crippen molar-refractivity contribution in [3.63, 3.8) is 0 Å². The first-order valence-corrected chi connectivity index (χ1v) is 12.7. The summed E-state index contributed by atoms with van der Waals surface area (Å²) in [6.07, 6.45) is -3.41. The van der Waals surface area contributed by atoms with Crippen LogP contribution in [0.15, 0.2) is 48.5 Å². The highest BCUT2D eigenvalue weighted by molar-refractivity contribution is 6.31. The smallest absolute Gasteiger partial charge is 0.424 e. The van der Waals surface area contributed by atoms with Crippen molar-refractivity contribution < 1.29 is 36.9 Å². The molecule has 1 fully saturated rings. The maximum absolute atomic E-state index is 14.4. The van der Waals surface area contributed by atoms with Crippen molar-refractivity contribution in [2.24, 2.45) is 5.73 Å². The summed E-state index contributed by atoms with van der Waals surface area (Å²) in [4.78, 5) is 16.9. The highest BCUT2D eigenvalue weighted by Gasteiger charge is 2.56. The maximum Gasteiger partial charge on any atom is 0.424 e. The fourth-order valence-electron chi connectivity index (χ4n) is 3.84. The molecule has 1 aromatic heterocycles. The zero-order chi connectivity index (χ0) is 29.5. The summed E-state index contributed by atoms with van der Waals surface area (Å²) >= 11 is 5.88. The molecule has 1 heterocycles. The molecule has 0 bridgehead atoms. The van der Waals surface area contributed by atoms with Crippen LogP contribution in [0.2, 0.25) is 5.02 Å². The van der Waals surface area contributed by atoms with Gasteiger partial charge < -0.3 is 25.6 Å². The van der Waals surface area contributed by atoms with Crippen LogP contribution in [0.5, 0.6) is 11.5 Å². The largest absolute Gasteiger partial charge is 0.493 e. The fourth-order valence-corrected chi connectivity index (χ4v) is 4.02. The van der Waals surface area contributed by atoms with Gasteiger partial charge in [0.25, 0.3) is 5.91 Å². The Morgan fingerprint density at radius 1 is 1.12 bits per heavy atom. The number of nitrogens with two attached hydrogens (primary N) is 1. The number of carbonyl (C=O) groups is 1. The number of ether oxygens (including phenoxy) is 2. The van der Waals surface area contributed by atoms with Gasteiger partial charge in [0, 0.05) is 16.7 Å². The van der Waals surface area contributed by atoms with E-state index in [0.29, 0.717) is 5.75 Å². The number of benzene rings is 2. The van der Waals surface area contributed by atoms with Gasteiger partial charge in [-0.1, -0.05) is 11.6 Å². The number of halogens is 5. The lowest BCUT2D eigenvalue weighted by atomic mass is 9.89. The second-order valence-corrected chi connectivity index (χ2v) is 10.6. The zero-order valence-corrected chi connectivity index (χ0v) is 22.7. The SMILES string of the molecule is COc1cc(C(=O)NCC(O)(c2cc(C(C)(C)N)cc(-c3ccc(F)c(Cl)c3)n2)C(F)(F)F)ccc1OC1CC1. The van der Waals surface area contributed by atoms with Gasteiger partial charge in [0.1, 0.15) is 5.82 Å². The topological polar surface area (TPSA) is 107 Å². The van der Waals surface area contributed by atoms with Crippen LogP contribution in [0.25, 0.3) is 11.3 Å². The number of pyridine rings is 1. The van der Waals surface area contributed by atoms with Crippen LogP contribution in [-0.4, -0.2) is 41.9 Å². The normalized spacial score (nSPS) is 15.3. The van der Waals surface area contributed by atoms with Crippen LogP contribution in [0.1, 0.15) is 48.3 Å². The lowest BCUT2D eigenvalue weighted by Gasteiger charge is -2.32. The first-order valence-electron chi connectivity index (χ1n) is 12.3. The summed E-state index contributed by atoms with van der Waals surface area (Å²) in [5.41, 5.74) is 0.994. The number of nitrogens with one attached hydrogen (secondary N) is 1. The Morgan fingerprint density at radius 2 is 1.82 bits per heavy atom. The van der Waals surface area contributed by atoms with E-state index in [4.69, 9.17) is 26.8 Å². The van der Waals surface area contributed by atoms with Gasteiger partial charge in [-0.05, 0) is 80.8 Å². The summed E-state index contributed by atoms with van der Waals surface area (Å²) in [5, 5.41) is 12.9. The van der Waals surface area contributed by atoms with Gasteiger partial charge in [-0.15, -0.1) is 0 Å². The molecule has 1 aliphatic rings. The first kappa shape index (κ1) is 29.6. The average molecular weight is 582 g/mol.